The predicted molar refractivity (Wildman–Crippen MR) is 76.6 cm³/mol. The second-order valence-corrected chi connectivity index (χ2v) is 6.86. The lowest BCUT2D eigenvalue weighted by atomic mass is 9.99. The summed E-state index contributed by atoms with van der Waals surface area (Å²) in [6.07, 6.45) is 1.67. The topological polar surface area (TPSA) is 26.3 Å². The molecular formula is C15H20O2Si. The maximum Gasteiger partial charge on any atom is 0.325 e. The van der Waals surface area contributed by atoms with Gasteiger partial charge in [-0.05, 0) is 22.6 Å². The van der Waals surface area contributed by atoms with E-state index in [1.807, 2.05) is 18.2 Å². The van der Waals surface area contributed by atoms with Crippen LogP contribution >= 0.6 is 0 Å². The van der Waals surface area contributed by atoms with Gasteiger partial charge in [-0.25, -0.2) is 4.79 Å². The Morgan fingerprint density at radius 1 is 1.39 bits per heavy atom. The SMILES string of the molecule is C=Cc1ccccc1C(=O)O[Si]C(C)(C)C(C)C. The fraction of sp³-hybridized carbons (Fsp3) is 0.400. The van der Waals surface area contributed by atoms with Crippen LogP contribution in [0.3, 0.4) is 0 Å². The molecule has 0 bridgehead atoms. The second-order valence-electron chi connectivity index (χ2n) is 5.16. The Hall–Kier alpha value is -1.35. The molecule has 0 heterocycles. The van der Waals surface area contributed by atoms with E-state index in [2.05, 4.69) is 34.3 Å². The highest BCUT2D eigenvalue weighted by atomic mass is 28.2. The van der Waals surface area contributed by atoms with E-state index < -0.39 is 0 Å². The van der Waals surface area contributed by atoms with Gasteiger partial charge in [-0.2, -0.15) is 0 Å². The molecule has 18 heavy (non-hydrogen) atoms. The zero-order valence-electron chi connectivity index (χ0n) is 11.5. The molecule has 0 N–H and O–H groups in total. The fourth-order valence-corrected chi connectivity index (χ4v) is 1.91. The predicted octanol–water partition coefficient (Wildman–Crippen LogP) is 3.96. The molecule has 96 valence electrons. The third-order valence-electron chi connectivity index (χ3n) is 3.25. The Balaban J connectivity index is 2.75. The maximum atomic E-state index is 12.0. The standard InChI is InChI=1S/C15H20O2Si/c1-6-12-9-7-8-10-13(12)14(16)17-18-15(4,5)11(2)3/h6-11H,1H2,2-5H3. The molecule has 0 aliphatic carbocycles. The van der Waals surface area contributed by atoms with Crippen LogP contribution in [0.25, 0.3) is 6.08 Å². The van der Waals surface area contributed by atoms with Crippen molar-refractivity contribution in [2.75, 3.05) is 0 Å². The van der Waals surface area contributed by atoms with Gasteiger partial charge in [0.1, 0.15) is 0 Å². The summed E-state index contributed by atoms with van der Waals surface area (Å²) < 4.78 is 5.44. The first-order valence-corrected chi connectivity index (χ1v) is 6.99. The average Bonchev–Trinajstić information content (AvgIpc) is 2.35. The summed E-state index contributed by atoms with van der Waals surface area (Å²) in [5, 5.41) is 0.0127. The first kappa shape index (κ1) is 14.7. The van der Waals surface area contributed by atoms with Gasteiger partial charge in [0.15, 0.2) is 0 Å². The largest absolute Gasteiger partial charge is 0.512 e. The van der Waals surface area contributed by atoms with E-state index in [0.717, 1.165) is 5.56 Å². The third-order valence-corrected chi connectivity index (χ3v) is 4.64. The number of carbonyl (C=O) groups is 1. The van der Waals surface area contributed by atoms with Crippen molar-refractivity contribution in [1.29, 1.82) is 0 Å². The number of hydrogen-bond donors (Lipinski definition) is 0. The minimum Gasteiger partial charge on any atom is -0.512 e. The number of rotatable bonds is 5. The molecule has 0 aliphatic rings. The molecule has 0 aromatic heterocycles. The Morgan fingerprint density at radius 2 is 2.00 bits per heavy atom. The van der Waals surface area contributed by atoms with Gasteiger partial charge in [-0.1, -0.05) is 58.5 Å². The quantitative estimate of drug-likeness (QED) is 0.749. The first-order valence-electron chi connectivity index (χ1n) is 6.08. The van der Waals surface area contributed by atoms with Gasteiger partial charge in [-0.15, -0.1) is 0 Å². The van der Waals surface area contributed by atoms with E-state index in [9.17, 15) is 4.79 Å². The van der Waals surface area contributed by atoms with Crippen LogP contribution in [-0.4, -0.2) is 15.7 Å². The van der Waals surface area contributed by atoms with Crippen molar-refractivity contribution in [3.8, 4) is 0 Å². The number of hydrogen-bond acceptors (Lipinski definition) is 2. The molecule has 0 saturated carbocycles. The average molecular weight is 260 g/mol. The molecule has 1 rings (SSSR count). The van der Waals surface area contributed by atoms with Crippen molar-refractivity contribution in [3.63, 3.8) is 0 Å². The molecular weight excluding hydrogens is 240 g/mol. The second kappa shape index (κ2) is 6.00. The monoisotopic (exact) mass is 260 g/mol. The molecule has 2 nitrogen and oxygen atoms in total. The van der Waals surface area contributed by atoms with Crippen LogP contribution in [0.4, 0.5) is 0 Å². The Kier molecular flexibility index (Phi) is 4.90. The van der Waals surface area contributed by atoms with Crippen LogP contribution in [0.2, 0.25) is 5.04 Å². The van der Waals surface area contributed by atoms with E-state index in [4.69, 9.17) is 4.43 Å². The van der Waals surface area contributed by atoms with Gasteiger partial charge in [0.2, 0.25) is 0 Å². The van der Waals surface area contributed by atoms with E-state index in [1.165, 1.54) is 0 Å². The summed E-state index contributed by atoms with van der Waals surface area (Å²) in [5.41, 5.74) is 1.40. The molecule has 2 radical (unpaired) electrons. The van der Waals surface area contributed by atoms with Crippen molar-refractivity contribution < 1.29 is 9.22 Å². The molecule has 0 unspecified atom stereocenters. The molecule has 1 aromatic carbocycles. The van der Waals surface area contributed by atoms with Crippen LogP contribution in [0.5, 0.6) is 0 Å². The lowest BCUT2D eigenvalue weighted by Gasteiger charge is -2.26. The fourth-order valence-electron chi connectivity index (χ4n) is 1.21. The first-order chi connectivity index (χ1) is 8.38. The summed E-state index contributed by atoms with van der Waals surface area (Å²) in [6, 6.07) is 7.35. The van der Waals surface area contributed by atoms with E-state index in [1.54, 1.807) is 12.1 Å². The summed E-state index contributed by atoms with van der Waals surface area (Å²) in [7, 11) is 0.159. The van der Waals surface area contributed by atoms with Crippen LogP contribution in [-0.2, 0) is 4.43 Å². The van der Waals surface area contributed by atoms with Gasteiger partial charge in [0, 0.05) is 0 Å². The summed E-state index contributed by atoms with van der Waals surface area (Å²) in [4.78, 5) is 12.0. The maximum absolute atomic E-state index is 12.0. The minimum absolute atomic E-state index is 0.0127. The van der Waals surface area contributed by atoms with Crippen LogP contribution in [0.1, 0.15) is 43.6 Å². The minimum atomic E-state index is -0.266. The van der Waals surface area contributed by atoms with Gasteiger partial charge in [0.25, 0.3) is 0 Å². The molecule has 0 atom stereocenters. The van der Waals surface area contributed by atoms with E-state index >= 15 is 0 Å². The molecule has 1 aromatic rings. The highest BCUT2D eigenvalue weighted by Crippen LogP contribution is 2.32. The van der Waals surface area contributed by atoms with Gasteiger partial charge in [0.05, 0.1) is 5.56 Å². The molecule has 0 amide bonds. The lowest BCUT2D eigenvalue weighted by Crippen LogP contribution is -2.24. The smallest absolute Gasteiger partial charge is 0.325 e. The Bertz CT molecular complexity index is 436. The van der Waals surface area contributed by atoms with Crippen molar-refractivity contribution in [2.24, 2.45) is 5.92 Å². The van der Waals surface area contributed by atoms with Gasteiger partial charge in [-0.3, -0.25) is 0 Å². The van der Waals surface area contributed by atoms with Crippen molar-refractivity contribution in [1.82, 2.24) is 0 Å². The van der Waals surface area contributed by atoms with Crippen LogP contribution in [0, 0.1) is 5.92 Å². The molecule has 0 spiro atoms. The van der Waals surface area contributed by atoms with Gasteiger partial charge < -0.3 is 4.43 Å². The number of carbonyl (C=O) groups excluding carboxylic acids is 1. The summed E-state index contributed by atoms with van der Waals surface area (Å²) >= 11 is 0. The third kappa shape index (κ3) is 3.57. The van der Waals surface area contributed by atoms with Gasteiger partial charge >= 0.3 is 15.7 Å². The molecule has 3 heteroatoms. The normalized spacial score (nSPS) is 11.4. The zero-order valence-corrected chi connectivity index (χ0v) is 12.5. The Morgan fingerprint density at radius 3 is 2.56 bits per heavy atom. The highest BCUT2D eigenvalue weighted by molar-refractivity contribution is 6.35. The lowest BCUT2D eigenvalue weighted by molar-refractivity contribution is 0.0731. The summed E-state index contributed by atoms with van der Waals surface area (Å²) in [5.74, 6) is 0.204. The molecule has 0 aliphatic heterocycles. The van der Waals surface area contributed by atoms with Crippen LogP contribution < -0.4 is 0 Å². The zero-order chi connectivity index (χ0) is 13.8. The summed E-state index contributed by atoms with van der Waals surface area (Å²) in [6.45, 7) is 12.2. The highest BCUT2D eigenvalue weighted by Gasteiger charge is 2.27. The van der Waals surface area contributed by atoms with Crippen molar-refractivity contribution >= 4 is 21.8 Å². The number of benzene rings is 1. The van der Waals surface area contributed by atoms with Crippen molar-refractivity contribution in [3.05, 3.63) is 42.0 Å². The molecule has 0 fully saturated rings. The van der Waals surface area contributed by atoms with Crippen molar-refractivity contribution in [2.45, 2.75) is 32.7 Å². The molecule has 0 saturated heterocycles. The van der Waals surface area contributed by atoms with E-state index in [-0.39, 0.29) is 20.8 Å². The van der Waals surface area contributed by atoms with Crippen LogP contribution in [0.15, 0.2) is 30.8 Å². The Labute approximate surface area is 112 Å². The van der Waals surface area contributed by atoms with E-state index in [0.29, 0.717) is 11.5 Å².